The van der Waals surface area contributed by atoms with Gasteiger partial charge in [0.05, 0.1) is 12.5 Å². The SMILES string of the molecule is CCc1cccc(CC)c1NC(=O)CN1C[C@H](c2ccc3c(c2)OCO3)C(C(=O)O)[C@@H]1c1ccc(N(C)CC)cc1. The highest BCUT2D eigenvalue weighted by molar-refractivity contribution is 5.94. The van der Waals surface area contributed by atoms with E-state index in [9.17, 15) is 14.7 Å². The molecule has 0 saturated carbocycles. The number of carboxylic acid groups (broad SMARTS) is 1. The number of fused-ring (bicyclic) bond motifs is 1. The topological polar surface area (TPSA) is 91.3 Å². The van der Waals surface area contributed by atoms with E-state index in [1.54, 1.807) is 0 Å². The van der Waals surface area contributed by atoms with Crippen LogP contribution in [0.3, 0.4) is 0 Å². The Bertz CT molecular complexity index is 1380. The molecule has 0 radical (unpaired) electrons. The largest absolute Gasteiger partial charge is 0.481 e. The smallest absolute Gasteiger partial charge is 0.309 e. The lowest BCUT2D eigenvalue weighted by Crippen LogP contribution is -2.35. The van der Waals surface area contributed by atoms with E-state index in [1.807, 2.05) is 72.6 Å². The number of rotatable bonds is 10. The van der Waals surface area contributed by atoms with Gasteiger partial charge in [0, 0.05) is 43.5 Å². The first-order chi connectivity index (χ1) is 19.8. The molecular weight excluding hydrogens is 518 g/mol. The second-order valence-electron chi connectivity index (χ2n) is 10.8. The van der Waals surface area contributed by atoms with E-state index < -0.39 is 17.9 Å². The third-order valence-electron chi connectivity index (χ3n) is 8.47. The maximum atomic E-state index is 13.6. The molecular formula is C33H39N3O5. The normalized spacial score (nSPS) is 19.8. The fourth-order valence-electron chi connectivity index (χ4n) is 6.15. The van der Waals surface area contributed by atoms with E-state index >= 15 is 0 Å². The van der Waals surface area contributed by atoms with Crippen LogP contribution in [0.5, 0.6) is 11.5 Å². The number of carbonyl (C=O) groups excluding carboxylic acids is 1. The number of carbonyl (C=O) groups is 2. The number of anilines is 2. The minimum atomic E-state index is -0.889. The number of hydrogen-bond donors (Lipinski definition) is 2. The van der Waals surface area contributed by atoms with Gasteiger partial charge < -0.3 is 24.8 Å². The van der Waals surface area contributed by atoms with E-state index in [0.29, 0.717) is 18.0 Å². The lowest BCUT2D eigenvalue weighted by atomic mass is 9.82. The van der Waals surface area contributed by atoms with Crippen LogP contribution in [0.25, 0.3) is 0 Å². The van der Waals surface area contributed by atoms with E-state index in [0.717, 1.165) is 53.0 Å². The first-order valence-corrected chi connectivity index (χ1v) is 14.4. The summed E-state index contributed by atoms with van der Waals surface area (Å²) in [6.07, 6.45) is 1.61. The van der Waals surface area contributed by atoms with Crippen molar-refractivity contribution in [2.45, 2.75) is 45.6 Å². The van der Waals surface area contributed by atoms with E-state index in [4.69, 9.17) is 9.47 Å². The lowest BCUT2D eigenvalue weighted by molar-refractivity contribution is -0.143. The number of benzene rings is 3. The van der Waals surface area contributed by atoms with Gasteiger partial charge in [-0.1, -0.05) is 50.2 Å². The molecule has 3 aromatic carbocycles. The molecule has 0 aromatic heterocycles. The van der Waals surface area contributed by atoms with Gasteiger partial charge >= 0.3 is 5.97 Å². The number of nitrogens with one attached hydrogen (secondary N) is 1. The number of aliphatic carboxylic acids is 1. The molecule has 8 heteroatoms. The molecule has 0 spiro atoms. The molecule has 3 aromatic rings. The van der Waals surface area contributed by atoms with Crippen molar-refractivity contribution in [1.29, 1.82) is 0 Å². The number of amides is 1. The second-order valence-corrected chi connectivity index (χ2v) is 10.8. The summed E-state index contributed by atoms with van der Waals surface area (Å²) >= 11 is 0. The molecule has 1 saturated heterocycles. The summed E-state index contributed by atoms with van der Waals surface area (Å²) in [7, 11) is 2.02. The van der Waals surface area contributed by atoms with Crippen LogP contribution in [-0.2, 0) is 22.4 Å². The Morgan fingerprint density at radius 1 is 0.951 bits per heavy atom. The van der Waals surface area contributed by atoms with Crippen molar-refractivity contribution < 1.29 is 24.2 Å². The van der Waals surface area contributed by atoms with E-state index in [2.05, 4.69) is 31.0 Å². The van der Waals surface area contributed by atoms with Crippen LogP contribution in [0.4, 0.5) is 11.4 Å². The van der Waals surface area contributed by atoms with Crippen molar-refractivity contribution in [3.05, 3.63) is 82.9 Å². The molecule has 8 nitrogen and oxygen atoms in total. The highest BCUT2D eigenvalue weighted by Gasteiger charge is 2.48. The van der Waals surface area contributed by atoms with Gasteiger partial charge in [-0.25, -0.2) is 0 Å². The van der Waals surface area contributed by atoms with Crippen LogP contribution in [0.2, 0.25) is 0 Å². The van der Waals surface area contributed by atoms with Crippen molar-refractivity contribution in [3.8, 4) is 11.5 Å². The van der Waals surface area contributed by atoms with Gasteiger partial charge in [-0.05, 0) is 66.3 Å². The first kappa shape index (κ1) is 28.5. The summed E-state index contributed by atoms with van der Waals surface area (Å²) in [6.45, 7) is 7.75. The van der Waals surface area contributed by atoms with Crippen molar-refractivity contribution in [2.75, 3.05) is 43.7 Å². The van der Waals surface area contributed by atoms with Gasteiger partial charge in [-0.2, -0.15) is 0 Å². The minimum absolute atomic E-state index is 0.0767. The predicted octanol–water partition coefficient (Wildman–Crippen LogP) is 5.48. The summed E-state index contributed by atoms with van der Waals surface area (Å²) in [5.41, 5.74) is 5.85. The Morgan fingerprint density at radius 3 is 2.24 bits per heavy atom. The van der Waals surface area contributed by atoms with Gasteiger partial charge in [-0.15, -0.1) is 0 Å². The molecule has 0 bridgehead atoms. The lowest BCUT2D eigenvalue weighted by Gasteiger charge is -2.28. The predicted molar refractivity (Wildman–Crippen MR) is 160 cm³/mol. The van der Waals surface area contributed by atoms with E-state index in [1.165, 1.54) is 0 Å². The molecule has 1 unspecified atom stereocenters. The standard InChI is InChI=1S/C33H39N3O5/c1-5-21-9-8-10-22(6-2)31(21)34-29(37)19-36-18-26(24-13-16-27-28(17-24)41-20-40-27)30(33(38)39)32(36)23-11-14-25(15-12-23)35(4)7-3/h8-17,26,30,32H,5-7,18-20H2,1-4H3,(H,34,37)(H,38,39)/t26-,30?,32+/m1/s1. The zero-order chi connectivity index (χ0) is 29.1. The van der Waals surface area contributed by atoms with Crippen LogP contribution < -0.4 is 19.7 Å². The summed E-state index contributed by atoms with van der Waals surface area (Å²) < 4.78 is 11.1. The average Bonchev–Trinajstić information content (AvgIpc) is 3.61. The average molecular weight is 558 g/mol. The van der Waals surface area contributed by atoms with Crippen LogP contribution in [0, 0.1) is 5.92 Å². The molecule has 5 rings (SSSR count). The molecule has 216 valence electrons. The van der Waals surface area contributed by atoms with Gasteiger partial charge in [0.25, 0.3) is 0 Å². The van der Waals surface area contributed by atoms with Gasteiger partial charge in [-0.3, -0.25) is 14.5 Å². The summed E-state index contributed by atoms with van der Waals surface area (Å²) in [4.78, 5) is 30.7. The Morgan fingerprint density at radius 2 is 1.61 bits per heavy atom. The zero-order valence-corrected chi connectivity index (χ0v) is 24.2. The van der Waals surface area contributed by atoms with Gasteiger partial charge in [0.2, 0.25) is 12.7 Å². The van der Waals surface area contributed by atoms with Crippen molar-refractivity contribution >= 4 is 23.3 Å². The molecule has 1 fully saturated rings. The number of para-hydroxylation sites is 1. The van der Waals surface area contributed by atoms with Crippen LogP contribution in [0.15, 0.2) is 60.7 Å². The molecule has 1 amide bonds. The Hall–Kier alpha value is -4.04. The third-order valence-corrected chi connectivity index (χ3v) is 8.47. The Kier molecular flexibility index (Phi) is 8.49. The fourth-order valence-corrected chi connectivity index (χ4v) is 6.15. The Labute approximate surface area is 241 Å². The number of ether oxygens (including phenoxy) is 2. The third kappa shape index (κ3) is 5.75. The number of likely N-dealkylation sites (tertiary alicyclic amines) is 1. The summed E-state index contributed by atoms with van der Waals surface area (Å²) in [6, 6.07) is 19.3. The van der Waals surface area contributed by atoms with Crippen molar-refractivity contribution in [3.63, 3.8) is 0 Å². The quantitative estimate of drug-likeness (QED) is 0.341. The number of aryl methyl sites for hydroxylation is 2. The van der Waals surface area contributed by atoms with Gasteiger partial charge in [0.1, 0.15) is 0 Å². The molecule has 2 N–H and O–H groups in total. The highest BCUT2D eigenvalue weighted by atomic mass is 16.7. The zero-order valence-electron chi connectivity index (χ0n) is 24.2. The molecule has 41 heavy (non-hydrogen) atoms. The van der Waals surface area contributed by atoms with Gasteiger partial charge in [0.15, 0.2) is 11.5 Å². The van der Waals surface area contributed by atoms with Crippen LogP contribution in [-0.4, -0.2) is 55.4 Å². The number of hydrogen-bond acceptors (Lipinski definition) is 6. The fraction of sp³-hybridized carbons (Fsp3) is 0.394. The molecule has 2 aliphatic rings. The van der Waals surface area contributed by atoms with Crippen LogP contribution >= 0.6 is 0 Å². The minimum Gasteiger partial charge on any atom is -0.481 e. The monoisotopic (exact) mass is 557 g/mol. The maximum absolute atomic E-state index is 13.6. The second kappa shape index (κ2) is 12.2. The highest BCUT2D eigenvalue weighted by Crippen LogP contribution is 2.47. The van der Waals surface area contributed by atoms with Crippen molar-refractivity contribution in [2.24, 2.45) is 5.92 Å². The molecule has 0 aliphatic carbocycles. The summed E-state index contributed by atoms with van der Waals surface area (Å²) in [5.74, 6) is -0.861. The van der Waals surface area contributed by atoms with Crippen molar-refractivity contribution in [1.82, 2.24) is 4.90 Å². The van der Waals surface area contributed by atoms with E-state index in [-0.39, 0.29) is 25.2 Å². The number of nitrogens with zero attached hydrogens (tertiary/aromatic N) is 2. The molecule has 2 aliphatic heterocycles. The first-order valence-electron chi connectivity index (χ1n) is 14.4. The molecule has 3 atom stereocenters. The molecule has 2 heterocycles. The summed E-state index contributed by atoms with van der Waals surface area (Å²) in [5, 5.41) is 13.8. The Balaban J connectivity index is 1.49. The maximum Gasteiger partial charge on any atom is 0.309 e. The number of carboxylic acids is 1. The van der Waals surface area contributed by atoms with Crippen LogP contribution in [0.1, 0.15) is 55.0 Å².